The number of hydrogen-bond acceptors (Lipinski definition) is 3. The van der Waals surface area contributed by atoms with Gasteiger partial charge in [-0.25, -0.2) is 4.98 Å². The highest BCUT2D eigenvalue weighted by Gasteiger charge is 2.18. The van der Waals surface area contributed by atoms with E-state index in [1.54, 1.807) is 6.07 Å². The molecule has 0 atom stereocenters. The summed E-state index contributed by atoms with van der Waals surface area (Å²) in [5, 5.41) is 0. The van der Waals surface area contributed by atoms with E-state index in [-0.39, 0.29) is 11.0 Å². The normalized spacial score (nSPS) is 11.8. The average Bonchev–Trinajstić information content (AvgIpc) is 2.57. The van der Waals surface area contributed by atoms with Crippen LogP contribution in [0.5, 0.6) is 0 Å². The first kappa shape index (κ1) is 14.0. The van der Waals surface area contributed by atoms with Gasteiger partial charge in [0.25, 0.3) is 5.56 Å². The zero-order valence-electron chi connectivity index (χ0n) is 10.2. The van der Waals surface area contributed by atoms with Crippen LogP contribution in [-0.4, -0.2) is 9.97 Å². The molecule has 0 unspecified atom stereocenters. The summed E-state index contributed by atoms with van der Waals surface area (Å²) < 4.78 is 1.95. The summed E-state index contributed by atoms with van der Waals surface area (Å²) in [6.07, 6.45) is 0. The largest absolute Gasteiger partial charge is 0.306 e. The molecule has 0 aliphatic rings. The maximum absolute atomic E-state index is 11.7. The van der Waals surface area contributed by atoms with Crippen LogP contribution in [0, 0.1) is 0 Å². The molecule has 2 rings (SSSR count). The highest BCUT2D eigenvalue weighted by molar-refractivity contribution is 9.13. The molecule has 2 aromatic heterocycles. The Hall–Kier alpha value is -0.460. The van der Waals surface area contributed by atoms with Gasteiger partial charge in [-0.3, -0.25) is 4.79 Å². The van der Waals surface area contributed by atoms with Gasteiger partial charge in [-0.05, 0) is 37.9 Å². The lowest BCUT2D eigenvalue weighted by molar-refractivity contribution is 0.566. The fraction of sp³-hybridized carbons (Fsp3) is 0.333. The first-order valence-corrected chi connectivity index (χ1v) is 7.74. The second-order valence-electron chi connectivity index (χ2n) is 4.96. The summed E-state index contributed by atoms with van der Waals surface area (Å²) in [4.78, 5) is 20.0. The second-order valence-corrected chi connectivity index (χ2v) is 8.19. The Bertz CT molecular complexity index is 621. The van der Waals surface area contributed by atoms with Crippen LogP contribution in [0.3, 0.4) is 0 Å². The lowest BCUT2D eigenvalue weighted by Gasteiger charge is -2.17. The fourth-order valence-electron chi connectivity index (χ4n) is 1.42. The van der Waals surface area contributed by atoms with Crippen LogP contribution < -0.4 is 5.56 Å². The minimum absolute atomic E-state index is 0.120. The average molecular weight is 392 g/mol. The quantitative estimate of drug-likeness (QED) is 0.786. The summed E-state index contributed by atoms with van der Waals surface area (Å²) >= 11 is 8.41. The Morgan fingerprint density at radius 1 is 1.28 bits per heavy atom. The number of aromatic nitrogens is 2. The Morgan fingerprint density at radius 2 is 1.94 bits per heavy atom. The zero-order valence-corrected chi connectivity index (χ0v) is 14.2. The molecule has 0 radical (unpaired) electrons. The molecule has 2 heterocycles. The van der Waals surface area contributed by atoms with Crippen molar-refractivity contribution in [3.63, 3.8) is 0 Å². The van der Waals surface area contributed by atoms with Gasteiger partial charge in [0.15, 0.2) is 5.82 Å². The Morgan fingerprint density at radius 3 is 2.44 bits per heavy atom. The molecule has 0 spiro atoms. The van der Waals surface area contributed by atoms with E-state index in [0.717, 1.165) is 18.8 Å². The van der Waals surface area contributed by atoms with Crippen LogP contribution in [-0.2, 0) is 5.41 Å². The van der Waals surface area contributed by atoms with Gasteiger partial charge in [-0.2, -0.15) is 0 Å². The molecule has 0 bridgehead atoms. The molecule has 6 heteroatoms. The SMILES string of the molecule is CC(C)(C)c1cc(=O)[nH]c(-c2cc(Br)c(Br)s2)n1. The maximum atomic E-state index is 11.7. The minimum Gasteiger partial charge on any atom is -0.306 e. The van der Waals surface area contributed by atoms with Crippen molar-refractivity contribution in [1.29, 1.82) is 0 Å². The van der Waals surface area contributed by atoms with Crippen LogP contribution in [0.1, 0.15) is 26.5 Å². The summed E-state index contributed by atoms with van der Waals surface area (Å²) in [6, 6.07) is 3.50. The van der Waals surface area contributed by atoms with Crippen molar-refractivity contribution in [1.82, 2.24) is 9.97 Å². The molecule has 0 saturated carbocycles. The van der Waals surface area contributed by atoms with Crippen molar-refractivity contribution >= 4 is 43.2 Å². The molecule has 3 nitrogen and oxygen atoms in total. The smallest absolute Gasteiger partial charge is 0.251 e. The van der Waals surface area contributed by atoms with E-state index in [1.165, 1.54) is 11.3 Å². The number of hydrogen-bond donors (Lipinski definition) is 1. The number of H-pyrrole nitrogens is 1. The first-order chi connectivity index (χ1) is 8.27. The number of nitrogens with one attached hydrogen (secondary N) is 1. The van der Waals surface area contributed by atoms with Gasteiger partial charge in [0.05, 0.1) is 14.4 Å². The number of halogens is 2. The van der Waals surface area contributed by atoms with E-state index in [2.05, 4.69) is 41.8 Å². The molecule has 96 valence electrons. The number of nitrogens with zero attached hydrogens (tertiary/aromatic N) is 1. The molecule has 2 aromatic rings. The Kier molecular flexibility index (Phi) is 3.80. The highest BCUT2D eigenvalue weighted by atomic mass is 79.9. The molecule has 0 saturated heterocycles. The summed E-state index contributed by atoms with van der Waals surface area (Å²) in [5.74, 6) is 0.615. The van der Waals surface area contributed by atoms with Crippen LogP contribution in [0.4, 0.5) is 0 Å². The third kappa shape index (κ3) is 2.92. The van der Waals surface area contributed by atoms with Crippen molar-refractivity contribution in [3.05, 3.63) is 36.4 Å². The van der Waals surface area contributed by atoms with E-state index >= 15 is 0 Å². The molecule has 0 amide bonds. The molecule has 0 aliphatic heterocycles. The fourth-order valence-corrected chi connectivity index (χ4v) is 3.40. The summed E-state index contributed by atoms with van der Waals surface area (Å²) in [7, 11) is 0. The van der Waals surface area contributed by atoms with Gasteiger partial charge in [0.1, 0.15) is 0 Å². The number of aromatic amines is 1. The van der Waals surface area contributed by atoms with Gasteiger partial charge in [0.2, 0.25) is 0 Å². The lowest BCUT2D eigenvalue weighted by atomic mass is 9.92. The van der Waals surface area contributed by atoms with Crippen LogP contribution >= 0.6 is 43.2 Å². The van der Waals surface area contributed by atoms with Crippen LogP contribution in [0.15, 0.2) is 25.2 Å². The van der Waals surface area contributed by atoms with E-state index in [9.17, 15) is 4.79 Å². The highest BCUT2D eigenvalue weighted by Crippen LogP contribution is 2.37. The van der Waals surface area contributed by atoms with Gasteiger partial charge in [-0.1, -0.05) is 20.8 Å². The third-order valence-electron chi connectivity index (χ3n) is 2.39. The molecule has 1 N–H and O–H groups in total. The van der Waals surface area contributed by atoms with Gasteiger partial charge in [0, 0.05) is 16.0 Å². The van der Waals surface area contributed by atoms with E-state index in [0.29, 0.717) is 5.82 Å². The maximum Gasteiger partial charge on any atom is 0.251 e. The van der Waals surface area contributed by atoms with Gasteiger partial charge in [-0.15, -0.1) is 11.3 Å². The van der Waals surface area contributed by atoms with Crippen LogP contribution in [0.2, 0.25) is 0 Å². The lowest BCUT2D eigenvalue weighted by Crippen LogP contribution is -2.19. The number of thiophene rings is 1. The van der Waals surface area contributed by atoms with Gasteiger partial charge < -0.3 is 4.98 Å². The first-order valence-electron chi connectivity index (χ1n) is 5.34. The topological polar surface area (TPSA) is 45.8 Å². The van der Waals surface area contributed by atoms with E-state index in [4.69, 9.17) is 0 Å². The Balaban J connectivity index is 2.59. The molecule has 18 heavy (non-hydrogen) atoms. The molecule has 0 fully saturated rings. The van der Waals surface area contributed by atoms with Crippen molar-refractivity contribution < 1.29 is 0 Å². The van der Waals surface area contributed by atoms with E-state index in [1.807, 2.05) is 26.8 Å². The predicted octanol–water partition coefficient (Wildman–Crippen LogP) is 4.32. The van der Waals surface area contributed by atoms with Crippen molar-refractivity contribution in [2.45, 2.75) is 26.2 Å². The van der Waals surface area contributed by atoms with Crippen molar-refractivity contribution in [2.24, 2.45) is 0 Å². The monoisotopic (exact) mass is 390 g/mol. The van der Waals surface area contributed by atoms with Crippen molar-refractivity contribution in [2.75, 3.05) is 0 Å². The third-order valence-corrected chi connectivity index (χ3v) is 5.65. The van der Waals surface area contributed by atoms with Gasteiger partial charge >= 0.3 is 0 Å². The predicted molar refractivity (Wildman–Crippen MR) is 82.3 cm³/mol. The standard InChI is InChI=1S/C12H12Br2N2OS/c1-12(2,3)8-5-9(17)16-11(15-8)7-4-6(13)10(14)18-7/h4-5H,1-3H3,(H,15,16,17). The Labute approximate surface area is 126 Å². The molecule has 0 aromatic carbocycles. The molecular weight excluding hydrogens is 380 g/mol. The van der Waals surface area contributed by atoms with Crippen molar-refractivity contribution in [3.8, 4) is 10.7 Å². The minimum atomic E-state index is -0.144. The van der Waals surface area contributed by atoms with Crippen LogP contribution in [0.25, 0.3) is 10.7 Å². The zero-order chi connectivity index (χ0) is 13.5. The second kappa shape index (κ2) is 4.90. The molecular formula is C12H12Br2N2OS. The number of rotatable bonds is 1. The van der Waals surface area contributed by atoms with E-state index < -0.39 is 0 Å². The summed E-state index contributed by atoms with van der Waals surface area (Å²) in [5.41, 5.74) is 0.529. The molecule has 0 aliphatic carbocycles. The summed E-state index contributed by atoms with van der Waals surface area (Å²) in [6.45, 7) is 6.12.